The Morgan fingerprint density at radius 1 is 1.17 bits per heavy atom. The molecular weight excluding hydrogens is 355 g/mol. The van der Waals surface area contributed by atoms with Crippen LogP contribution in [0.3, 0.4) is 0 Å². The molecule has 3 aromatic rings. The van der Waals surface area contributed by atoms with E-state index in [2.05, 4.69) is 51.2 Å². The molecule has 0 radical (unpaired) electrons. The number of benzene rings is 1. The fourth-order valence-electron chi connectivity index (χ4n) is 1.94. The fourth-order valence-corrected chi connectivity index (χ4v) is 3.35. The van der Waals surface area contributed by atoms with Crippen LogP contribution in [0, 0.1) is 2.88 Å². The largest absolute Gasteiger partial charge is 0.320 e. The van der Waals surface area contributed by atoms with Crippen LogP contribution in [0.4, 0.5) is 0 Å². The Balaban J connectivity index is 2.03. The van der Waals surface area contributed by atoms with Crippen molar-refractivity contribution in [2.24, 2.45) is 5.73 Å². The van der Waals surface area contributed by atoms with Gasteiger partial charge in [0.15, 0.2) is 0 Å². The summed E-state index contributed by atoms with van der Waals surface area (Å²) < 4.78 is 1.26. The summed E-state index contributed by atoms with van der Waals surface area (Å²) in [4.78, 5) is 4.46. The average Bonchev–Trinajstić information content (AvgIpc) is 2.84. The van der Waals surface area contributed by atoms with Gasteiger partial charge in [0.25, 0.3) is 0 Å². The van der Waals surface area contributed by atoms with Gasteiger partial charge in [0.05, 0.1) is 14.4 Å². The summed E-state index contributed by atoms with van der Waals surface area (Å²) in [6, 6.07) is 12.3. The van der Waals surface area contributed by atoms with Crippen molar-refractivity contribution in [1.82, 2.24) is 4.98 Å². The summed E-state index contributed by atoms with van der Waals surface area (Å²) in [6.07, 6.45) is 1.87. The third-order valence-electron chi connectivity index (χ3n) is 2.92. The number of thiophene rings is 1. The number of fused-ring (bicyclic) bond motifs is 1. The minimum Gasteiger partial charge on any atom is -0.320 e. The van der Waals surface area contributed by atoms with Crippen molar-refractivity contribution >= 4 is 44.8 Å². The molecule has 18 heavy (non-hydrogen) atoms. The van der Waals surface area contributed by atoms with Crippen molar-refractivity contribution in [2.75, 3.05) is 0 Å². The molecule has 0 bridgehead atoms. The second-order valence-electron chi connectivity index (χ2n) is 4.12. The highest BCUT2D eigenvalue weighted by Gasteiger charge is 2.11. The molecular formula is C14H11IN2S. The van der Waals surface area contributed by atoms with E-state index in [9.17, 15) is 0 Å². The number of nitrogens with zero attached hydrogens (tertiary/aromatic N) is 1. The number of aromatic nitrogens is 1. The van der Waals surface area contributed by atoms with E-state index in [4.69, 9.17) is 5.73 Å². The first-order valence-corrected chi connectivity index (χ1v) is 7.54. The van der Waals surface area contributed by atoms with Gasteiger partial charge in [0.2, 0.25) is 0 Å². The molecule has 0 amide bonds. The molecule has 90 valence electrons. The van der Waals surface area contributed by atoms with Gasteiger partial charge in [0, 0.05) is 11.6 Å². The summed E-state index contributed by atoms with van der Waals surface area (Å²) in [5.41, 5.74) is 9.50. The zero-order valence-electron chi connectivity index (χ0n) is 9.51. The molecule has 0 saturated heterocycles. The van der Waals surface area contributed by atoms with E-state index >= 15 is 0 Å². The molecule has 3 rings (SSSR count). The second kappa shape index (κ2) is 4.95. The van der Waals surface area contributed by atoms with Crippen LogP contribution in [0.15, 0.2) is 48.0 Å². The lowest BCUT2D eigenvalue weighted by Crippen LogP contribution is -2.11. The monoisotopic (exact) mass is 366 g/mol. The van der Waals surface area contributed by atoms with Crippen molar-refractivity contribution in [3.63, 3.8) is 0 Å². The Morgan fingerprint density at radius 2 is 2.00 bits per heavy atom. The molecule has 0 spiro atoms. The van der Waals surface area contributed by atoms with Gasteiger partial charge in [-0.25, -0.2) is 0 Å². The highest BCUT2D eigenvalue weighted by molar-refractivity contribution is 14.1. The predicted molar refractivity (Wildman–Crippen MR) is 84.8 cm³/mol. The summed E-state index contributed by atoms with van der Waals surface area (Å²) in [7, 11) is 0. The van der Waals surface area contributed by atoms with Crippen molar-refractivity contribution in [3.05, 3.63) is 62.0 Å². The molecule has 0 aliphatic carbocycles. The quantitative estimate of drug-likeness (QED) is 0.698. The average molecular weight is 366 g/mol. The number of nitrogens with two attached hydrogens (primary N) is 1. The number of hydrogen-bond acceptors (Lipinski definition) is 3. The van der Waals surface area contributed by atoms with Gasteiger partial charge >= 0.3 is 0 Å². The number of rotatable bonds is 2. The molecule has 4 heteroatoms. The lowest BCUT2D eigenvalue weighted by Gasteiger charge is -2.10. The van der Waals surface area contributed by atoms with E-state index in [-0.39, 0.29) is 6.04 Å². The molecule has 2 heterocycles. The third kappa shape index (κ3) is 2.28. The van der Waals surface area contributed by atoms with E-state index in [1.165, 1.54) is 2.88 Å². The fraction of sp³-hybridized carbons (Fsp3) is 0.0714. The maximum atomic E-state index is 6.28. The number of pyridine rings is 1. The number of halogens is 1. The second-order valence-corrected chi connectivity index (χ2v) is 6.93. The van der Waals surface area contributed by atoms with E-state index in [1.54, 1.807) is 11.3 Å². The molecule has 0 aliphatic heterocycles. The predicted octanol–water partition coefficient (Wildman–Crippen LogP) is 3.95. The molecule has 2 N–H and O–H groups in total. The standard InChI is InChI=1S/C14H11IN2S/c15-13-6-11(8-18-13)14(16)10-5-9-3-1-2-4-12(9)17-7-10/h1-8,14H,16H2. The smallest absolute Gasteiger partial charge is 0.0702 e. The number of para-hydroxylation sites is 1. The van der Waals surface area contributed by atoms with Crippen LogP contribution in [0.25, 0.3) is 10.9 Å². The van der Waals surface area contributed by atoms with E-state index in [0.29, 0.717) is 0 Å². The first-order chi connectivity index (χ1) is 8.74. The maximum Gasteiger partial charge on any atom is 0.0702 e. The van der Waals surface area contributed by atoms with Crippen LogP contribution in [0.1, 0.15) is 17.2 Å². The van der Waals surface area contributed by atoms with Gasteiger partial charge < -0.3 is 5.73 Å². The van der Waals surface area contributed by atoms with Gasteiger partial charge in [-0.3, -0.25) is 4.98 Å². The molecule has 1 aromatic carbocycles. The molecule has 0 fully saturated rings. The van der Waals surface area contributed by atoms with Crippen LogP contribution in [0.5, 0.6) is 0 Å². The number of hydrogen-bond donors (Lipinski definition) is 1. The zero-order valence-corrected chi connectivity index (χ0v) is 12.5. The highest BCUT2D eigenvalue weighted by atomic mass is 127. The molecule has 2 nitrogen and oxygen atoms in total. The first kappa shape index (κ1) is 12.1. The minimum absolute atomic E-state index is 0.0955. The van der Waals surface area contributed by atoms with Crippen LogP contribution >= 0.6 is 33.9 Å². The normalized spacial score (nSPS) is 12.8. The first-order valence-electron chi connectivity index (χ1n) is 5.58. The lowest BCUT2D eigenvalue weighted by atomic mass is 10.0. The maximum absolute atomic E-state index is 6.28. The summed E-state index contributed by atoms with van der Waals surface area (Å²) in [6.45, 7) is 0. The van der Waals surface area contributed by atoms with Gasteiger partial charge in [-0.15, -0.1) is 11.3 Å². The van der Waals surface area contributed by atoms with E-state index < -0.39 is 0 Å². The third-order valence-corrected chi connectivity index (χ3v) is 4.72. The molecule has 1 atom stereocenters. The molecule has 0 saturated carbocycles. The minimum atomic E-state index is -0.0955. The van der Waals surface area contributed by atoms with Crippen LogP contribution in [-0.2, 0) is 0 Å². The Labute approximate surface area is 123 Å². The van der Waals surface area contributed by atoms with Crippen LogP contribution < -0.4 is 5.73 Å². The SMILES string of the molecule is NC(c1csc(I)c1)c1cnc2ccccc2c1. The van der Waals surface area contributed by atoms with Gasteiger partial charge in [-0.05, 0) is 57.3 Å². The van der Waals surface area contributed by atoms with Gasteiger partial charge in [-0.1, -0.05) is 18.2 Å². The van der Waals surface area contributed by atoms with Crippen molar-refractivity contribution < 1.29 is 0 Å². The molecule has 0 aliphatic rings. The molecule has 2 aromatic heterocycles. The van der Waals surface area contributed by atoms with Crippen molar-refractivity contribution in [2.45, 2.75) is 6.04 Å². The van der Waals surface area contributed by atoms with Gasteiger partial charge in [0.1, 0.15) is 0 Å². The zero-order chi connectivity index (χ0) is 12.5. The van der Waals surface area contributed by atoms with E-state index in [1.807, 2.05) is 24.4 Å². The van der Waals surface area contributed by atoms with E-state index in [0.717, 1.165) is 22.0 Å². The highest BCUT2D eigenvalue weighted by Crippen LogP contribution is 2.26. The van der Waals surface area contributed by atoms with Crippen molar-refractivity contribution in [1.29, 1.82) is 0 Å². The molecule has 1 unspecified atom stereocenters. The van der Waals surface area contributed by atoms with Gasteiger partial charge in [-0.2, -0.15) is 0 Å². The Kier molecular flexibility index (Phi) is 3.32. The lowest BCUT2D eigenvalue weighted by molar-refractivity contribution is 0.872. The Morgan fingerprint density at radius 3 is 2.78 bits per heavy atom. The van der Waals surface area contributed by atoms with Crippen LogP contribution in [-0.4, -0.2) is 4.98 Å². The van der Waals surface area contributed by atoms with Crippen LogP contribution in [0.2, 0.25) is 0 Å². The van der Waals surface area contributed by atoms with Crippen molar-refractivity contribution in [3.8, 4) is 0 Å². The summed E-state index contributed by atoms with van der Waals surface area (Å²) >= 11 is 4.03. The summed E-state index contributed by atoms with van der Waals surface area (Å²) in [5, 5.41) is 3.25. The topological polar surface area (TPSA) is 38.9 Å². The summed E-state index contributed by atoms with van der Waals surface area (Å²) in [5.74, 6) is 0. The Bertz CT molecular complexity index is 693. The Hall–Kier alpha value is -0.980.